The van der Waals surface area contributed by atoms with Crippen molar-refractivity contribution >= 4 is 5.96 Å². The Labute approximate surface area is 61.5 Å². The molecule has 0 aromatic rings. The third-order valence-corrected chi connectivity index (χ3v) is 1.76. The number of guanidine groups is 1. The van der Waals surface area contributed by atoms with Crippen LogP contribution in [0.5, 0.6) is 0 Å². The summed E-state index contributed by atoms with van der Waals surface area (Å²) in [6.45, 7) is 0.804. The Hall–Kier alpha value is -0.730. The van der Waals surface area contributed by atoms with Gasteiger partial charge < -0.3 is 11.5 Å². The molecule has 0 unspecified atom stereocenters. The maximum absolute atomic E-state index is 5.15. The van der Waals surface area contributed by atoms with Crippen LogP contribution in [0.25, 0.3) is 0 Å². The first-order valence-electron chi connectivity index (χ1n) is 3.84. The standard InChI is InChI=1S/C7H15N3/c8-7(9)10-5-1-2-6-3-4-6/h6H,1-5H2,(H4,8,9,10). The fraction of sp³-hybridized carbons (Fsp3) is 0.857. The number of aliphatic imine (C=N–C) groups is 1. The monoisotopic (exact) mass is 141 g/mol. The van der Waals surface area contributed by atoms with Gasteiger partial charge in [0.1, 0.15) is 0 Å². The van der Waals surface area contributed by atoms with E-state index in [1.807, 2.05) is 0 Å². The molecular weight excluding hydrogens is 126 g/mol. The van der Waals surface area contributed by atoms with Gasteiger partial charge in [-0.2, -0.15) is 0 Å². The Kier molecular flexibility index (Phi) is 2.54. The summed E-state index contributed by atoms with van der Waals surface area (Å²) >= 11 is 0. The summed E-state index contributed by atoms with van der Waals surface area (Å²) in [5.74, 6) is 1.21. The second kappa shape index (κ2) is 3.44. The molecule has 1 rings (SSSR count). The molecule has 10 heavy (non-hydrogen) atoms. The fourth-order valence-electron chi connectivity index (χ4n) is 0.995. The lowest BCUT2D eigenvalue weighted by atomic mass is 10.2. The van der Waals surface area contributed by atoms with Gasteiger partial charge in [-0.1, -0.05) is 12.8 Å². The smallest absolute Gasteiger partial charge is 0.185 e. The number of hydrogen-bond donors (Lipinski definition) is 2. The lowest BCUT2D eigenvalue weighted by Gasteiger charge is -1.93. The van der Waals surface area contributed by atoms with Gasteiger partial charge in [-0.25, -0.2) is 0 Å². The molecule has 0 bridgehead atoms. The SMILES string of the molecule is NC(N)=NCCCC1CC1. The maximum Gasteiger partial charge on any atom is 0.185 e. The molecule has 3 heteroatoms. The van der Waals surface area contributed by atoms with Gasteiger partial charge in [0.05, 0.1) is 0 Å². The van der Waals surface area contributed by atoms with Crippen molar-refractivity contribution in [3.05, 3.63) is 0 Å². The van der Waals surface area contributed by atoms with Crippen molar-refractivity contribution in [1.29, 1.82) is 0 Å². The molecule has 0 radical (unpaired) electrons. The van der Waals surface area contributed by atoms with Crippen molar-refractivity contribution in [2.75, 3.05) is 6.54 Å². The van der Waals surface area contributed by atoms with Crippen LogP contribution < -0.4 is 11.5 Å². The Morgan fingerprint density at radius 1 is 1.40 bits per heavy atom. The predicted molar refractivity (Wildman–Crippen MR) is 42.6 cm³/mol. The van der Waals surface area contributed by atoms with E-state index in [1.165, 1.54) is 19.3 Å². The van der Waals surface area contributed by atoms with E-state index >= 15 is 0 Å². The molecule has 58 valence electrons. The van der Waals surface area contributed by atoms with Crippen LogP contribution in [0.4, 0.5) is 0 Å². The minimum absolute atomic E-state index is 0.218. The summed E-state index contributed by atoms with van der Waals surface area (Å²) in [7, 11) is 0. The van der Waals surface area contributed by atoms with Crippen LogP contribution in [-0.2, 0) is 0 Å². The van der Waals surface area contributed by atoms with E-state index in [-0.39, 0.29) is 5.96 Å². The minimum Gasteiger partial charge on any atom is -0.370 e. The zero-order valence-electron chi connectivity index (χ0n) is 6.21. The third kappa shape index (κ3) is 3.33. The van der Waals surface area contributed by atoms with E-state index in [0.29, 0.717) is 0 Å². The highest BCUT2D eigenvalue weighted by molar-refractivity contribution is 5.75. The molecule has 0 spiro atoms. The van der Waals surface area contributed by atoms with Gasteiger partial charge in [0.25, 0.3) is 0 Å². The molecule has 0 aromatic carbocycles. The molecule has 1 saturated carbocycles. The number of rotatable bonds is 4. The van der Waals surface area contributed by atoms with Gasteiger partial charge in [0, 0.05) is 6.54 Å². The molecule has 1 aliphatic rings. The van der Waals surface area contributed by atoms with E-state index < -0.39 is 0 Å². The van der Waals surface area contributed by atoms with E-state index in [0.717, 1.165) is 18.9 Å². The van der Waals surface area contributed by atoms with Crippen molar-refractivity contribution in [3.8, 4) is 0 Å². The van der Waals surface area contributed by atoms with Crippen LogP contribution >= 0.6 is 0 Å². The zero-order chi connectivity index (χ0) is 7.40. The molecule has 0 saturated heterocycles. The van der Waals surface area contributed by atoms with E-state index in [9.17, 15) is 0 Å². The fourth-order valence-corrected chi connectivity index (χ4v) is 0.995. The Morgan fingerprint density at radius 3 is 2.60 bits per heavy atom. The summed E-state index contributed by atoms with van der Waals surface area (Å²) < 4.78 is 0. The van der Waals surface area contributed by atoms with Crippen molar-refractivity contribution < 1.29 is 0 Å². The second-order valence-corrected chi connectivity index (χ2v) is 2.89. The molecule has 0 heterocycles. The third-order valence-electron chi connectivity index (χ3n) is 1.76. The van der Waals surface area contributed by atoms with Crippen LogP contribution in [-0.4, -0.2) is 12.5 Å². The van der Waals surface area contributed by atoms with Crippen LogP contribution in [0, 0.1) is 5.92 Å². The van der Waals surface area contributed by atoms with Gasteiger partial charge in [-0.15, -0.1) is 0 Å². The van der Waals surface area contributed by atoms with Gasteiger partial charge in [0.15, 0.2) is 5.96 Å². The largest absolute Gasteiger partial charge is 0.370 e. The van der Waals surface area contributed by atoms with Gasteiger partial charge in [-0.3, -0.25) is 4.99 Å². The van der Waals surface area contributed by atoms with E-state index in [4.69, 9.17) is 11.5 Å². The van der Waals surface area contributed by atoms with Crippen LogP contribution in [0.15, 0.2) is 4.99 Å². The summed E-state index contributed by atoms with van der Waals surface area (Å²) in [6, 6.07) is 0. The zero-order valence-corrected chi connectivity index (χ0v) is 6.21. The molecular formula is C7H15N3. The molecule has 0 atom stereocenters. The summed E-state index contributed by atoms with van der Waals surface area (Å²) in [5, 5.41) is 0. The highest BCUT2D eigenvalue weighted by Gasteiger charge is 2.19. The van der Waals surface area contributed by atoms with Gasteiger partial charge in [0.2, 0.25) is 0 Å². The van der Waals surface area contributed by atoms with E-state index in [2.05, 4.69) is 4.99 Å². The van der Waals surface area contributed by atoms with Gasteiger partial charge in [-0.05, 0) is 18.8 Å². The number of nitrogens with zero attached hydrogens (tertiary/aromatic N) is 1. The Balaban J connectivity index is 1.89. The highest BCUT2D eigenvalue weighted by atomic mass is 15.0. The van der Waals surface area contributed by atoms with Crippen LogP contribution in [0.2, 0.25) is 0 Å². The summed E-state index contributed by atoms with van der Waals surface area (Å²) in [4.78, 5) is 3.90. The molecule has 1 aliphatic carbocycles. The van der Waals surface area contributed by atoms with Crippen molar-refractivity contribution in [3.63, 3.8) is 0 Å². The molecule has 0 amide bonds. The van der Waals surface area contributed by atoms with Crippen molar-refractivity contribution in [2.45, 2.75) is 25.7 Å². The average Bonchev–Trinajstić information content (AvgIpc) is 2.62. The van der Waals surface area contributed by atoms with Crippen molar-refractivity contribution in [1.82, 2.24) is 0 Å². The minimum atomic E-state index is 0.218. The molecule has 4 N–H and O–H groups in total. The number of nitrogens with two attached hydrogens (primary N) is 2. The predicted octanol–water partition coefficient (Wildman–Crippen LogP) is 0.450. The van der Waals surface area contributed by atoms with Gasteiger partial charge >= 0.3 is 0 Å². The summed E-state index contributed by atoms with van der Waals surface area (Å²) in [6.07, 6.45) is 5.28. The first-order chi connectivity index (χ1) is 4.79. The molecule has 3 nitrogen and oxygen atoms in total. The Bertz CT molecular complexity index is 123. The second-order valence-electron chi connectivity index (χ2n) is 2.89. The quantitative estimate of drug-likeness (QED) is 0.339. The first kappa shape index (κ1) is 7.38. The van der Waals surface area contributed by atoms with Crippen molar-refractivity contribution in [2.24, 2.45) is 22.4 Å². The highest BCUT2D eigenvalue weighted by Crippen LogP contribution is 2.33. The lowest BCUT2D eigenvalue weighted by Crippen LogP contribution is -2.22. The molecule has 0 aliphatic heterocycles. The summed E-state index contributed by atoms with van der Waals surface area (Å²) in [5.41, 5.74) is 10.3. The topological polar surface area (TPSA) is 64.4 Å². The van der Waals surface area contributed by atoms with E-state index in [1.54, 1.807) is 0 Å². The first-order valence-corrected chi connectivity index (χ1v) is 3.84. The van der Waals surface area contributed by atoms with Crippen LogP contribution in [0.1, 0.15) is 25.7 Å². The molecule has 1 fully saturated rings. The Morgan fingerprint density at radius 2 is 2.10 bits per heavy atom. The maximum atomic E-state index is 5.15. The number of hydrogen-bond acceptors (Lipinski definition) is 1. The van der Waals surface area contributed by atoms with Crippen LogP contribution in [0.3, 0.4) is 0 Å². The lowest BCUT2D eigenvalue weighted by molar-refractivity contribution is 0.675. The normalized spacial score (nSPS) is 16.8. The molecule has 0 aromatic heterocycles. The average molecular weight is 141 g/mol.